The molecule has 27 heavy (non-hydrogen) atoms. The molecule has 3 aliphatic heterocycles. The summed E-state index contributed by atoms with van der Waals surface area (Å²) in [5.74, 6) is 0.874. The van der Waals surface area contributed by atoms with Crippen LogP contribution in [0.4, 0.5) is 0 Å². The molecule has 6 nitrogen and oxygen atoms in total. The van der Waals surface area contributed by atoms with Crippen molar-refractivity contribution in [1.82, 2.24) is 14.7 Å². The fraction of sp³-hybridized carbons (Fsp3) is 0.952. The summed E-state index contributed by atoms with van der Waals surface area (Å²) in [4.78, 5) is 19.5. The maximum atomic E-state index is 12.2. The Balaban J connectivity index is 1.47. The first-order valence-corrected chi connectivity index (χ1v) is 11.0. The van der Waals surface area contributed by atoms with Crippen LogP contribution in [0.25, 0.3) is 0 Å². The molecule has 0 bridgehead atoms. The first kappa shape index (κ1) is 21.0. The molecule has 1 atom stereocenters. The Kier molecular flexibility index (Phi) is 7.54. The van der Waals surface area contributed by atoms with Gasteiger partial charge in [0.15, 0.2) is 0 Å². The van der Waals surface area contributed by atoms with Crippen LogP contribution in [0.3, 0.4) is 0 Å². The highest BCUT2D eigenvalue weighted by molar-refractivity contribution is 5.77. The average Bonchev–Trinajstić information content (AvgIpc) is 2.67. The molecule has 0 aromatic heterocycles. The van der Waals surface area contributed by atoms with Crippen molar-refractivity contribution in [1.29, 1.82) is 0 Å². The van der Waals surface area contributed by atoms with Crippen LogP contribution in [0.15, 0.2) is 0 Å². The summed E-state index contributed by atoms with van der Waals surface area (Å²) in [6, 6.07) is 0.644. The van der Waals surface area contributed by atoms with Gasteiger partial charge in [-0.05, 0) is 38.5 Å². The number of amides is 1. The van der Waals surface area contributed by atoms with Gasteiger partial charge in [-0.1, -0.05) is 13.8 Å². The van der Waals surface area contributed by atoms with Gasteiger partial charge in [-0.3, -0.25) is 9.69 Å². The van der Waals surface area contributed by atoms with Crippen LogP contribution in [0.2, 0.25) is 0 Å². The second-order valence-electron chi connectivity index (χ2n) is 8.93. The zero-order chi connectivity index (χ0) is 19.3. The van der Waals surface area contributed by atoms with Crippen molar-refractivity contribution < 1.29 is 14.3 Å². The fourth-order valence-electron chi connectivity index (χ4n) is 4.93. The Morgan fingerprint density at radius 1 is 1.15 bits per heavy atom. The molecule has 0 radical (unpaired) electrons. The van der Waals surface area contributed by atoms with Gasteiger partial charge in [0.05, 0.1) is 5.60 Å². The summed E-state index contributed by atoms with van der Waals surface area (Å²) in [6.07, 6.45) is 4.22. The number of rotatable bonds is 6. The van der Waals surface area contributed by atoms with Crippen LogP contribution < -0.4 is 0 Å². The number of ether oxygens (including phenoxy) is 2. The quantitative estimate of drug-likeness (QED) is 0.702. The summed E-state index contributed by atoms with van der Waals surface area (Å²) in [6.45, 7) is 15.8. The van der Waals surface area contributed by atoms with Gasteiger partial charge in [-0.2, -0.15) is 0 Å². The van der Waals surface area contributed by atoms with E-state index in [-0.39, 0.29) is 18.1 Å². The van der Waals surface area contributed by atoms with E-state index in [0.717, 1.165) is 51.3 Å². The largest absolute Gasteiger partial charge is 0.375 e. The molecule has 0 N–H and O–H groups in total. The van der Waals surface area contributed by atoms with Gasteiger partial charge in [0, 0.05) is 65.1 Å². The van der Waals surface area contributed by atoms with Gasteiger partial charge in [-0.15, -0.1) is 0 Å². The number of nitrogens with zero attached hydrogens (tertiary/aromatic N) is 3. The minimum atomic E-state index is -0.0135. The van der Waals surface area contributed by atoms with Crippen molar-refractivity contribution in [3.05, 3.63) is 0 Å². The lowest BCUT2D eigenvalue weighted by Gasteiger charge is -2.49. The smallest absolute Gasteiger partial charge is 0.248 e. The molecule has 1 spiro atoms. The molecule has 0 aliphatic carbocycles. The number of likely N-dealkylation sites (tertiary alicyclic amines) is 1. The summed E-state index contributed by atoms with van der Waals surface area (Å²) < 4.78 is 11.6. The lowest BCUT2D eigenvalue weighted by molar-refractivity contribution is -0.153. The van der Waals surface area contributed by atoms with Crippen LogP contribution in [0.1, 0.15) is 46.5 Å². The van der Waals surface area contributed by atoms with Crippen LogP contribution in [0, 0.1) is 5.92 Å². The normalized spacial score (nSPS) is 27.4. The molecule has 3 saturated heterocycles. The van der Waals surface area contributed by atoms with E-state index in [2.05, 4.69) is 23.6 Å². The number of carbonyl (C=O) groups is 1. The minimum absolute atomic E-state index is 0.0135. The maximum absolute atomic E-state index is 12.2. The lowest BCUT2D eigenvalue weighted by atomic mass is 9.81. The summed E-state index contributed by atoms with van der Waals surface area (Å²) in [5.41, 5.74) is -0.0135. The highest BCUT2D eigenvalue weighted by atomic mass is 16.5. The van der Waals surface area contributed by atoms with Gasteiger partial charge >= 0.3 is 0 Å². The number of piperazine rings is 1. The van der Waals surface area contributed by atoms with E-state index >= 15 is 0 Å². The van der Waals surface area contributed by atoms with Gasteiger partial charge in [-0.25, -0.2) is 0 Å². The predicted octanol–water partition coefficient (Wildman–Crippen LogP) is 1.84. The highest BCUT2D eigenvalue weighted by Gasteiger charge is 2.42. The third kappa shape index (κ3) is 5.66. The van der Waals surface area contributed by atoms with Gasteiger partial charge in [0.1, 0.15) is 6.61 Å². The Labute approximate surface area is 165 Å². The lowest BCUT2D eigenvalue weighted by Crippen LogP contribution is -2.57. The van der Waals surface area contributed by atoms with Gasteiger partial charge in [0.2, 0.25) is 5.91 Å². The van der Waals surface area contributed by atoms with Crippen molar-refractivity contribution in [2.24, 2.45) is 5.92 Å². The van der Waals surface area contributed by atoms with Crippen molar-refractivity contribution >= 4 is 5.91 Å². The van der Waals surface area contributed by atoms with Crippen LogP contribution in [-0.2, 0) is 14.3 Å². The predicted molar refractivity (Wildman–Crippen MR) is 107 cm³/mol. The van der Waals surface area contributed by atoms with Crippen LogP contribution in [0.5, 0.6) is 0 Å². The highest BCUT2D eigenvalue weighted by Crippen LogP contribution is 2.37. The first-order chi connectivity index (χ1) is 13.0. The third-order valence-corrected chi connectivity index (χ3v) is 6.47. The summed E-state index contributed by atoms with van der Waals surface area (Å²) in [7, 11) is 0. The third-order valence-electron chi connectivity index (χ3n) is 6.47. The number of hydrogen-bond acceptors (Lipinski definition) is 5. The molecule has 1 amide bonds. The molecular weight excluding hydrogens is 342 g/mol. The molecular formula is C21H39N3O3. The first-order valence-electron chi connectivity index (χ1n) is 11.0. The summed E-state index contributed by atoms with van der Waals surface area (Å²) in [5, 5.41) is 0. The van der Waals surface area contributed by atoms with Gasteiger partial charge < -0.3 is 19.3 Å². The van der Waals surface area contributed by atoms with E-state index in [1.165, 1.54) is 32.7 Å². The maximum Gasteiger partial charge on any atom is 0.248 e. The number of carbonyl (C=O) groups excluding carboxylic acids is 1. The van der Waals surface area contributed by atoms with E-state index in [1.807, 2.05) is 11.8 Å². The van der Waals surface area contributed by atoms with Crippen molar-refractivity contribution in [3.8, 4) is 0 Å². The monoisotopic (exact) mass is 381 g/mol. The molecule has 156 valence electrons. The Bertz CT molecular complexity index is 469. The second-order valence-corrected chi connectivity index (χ2v) is 8.93. The van der Waals surface area contributed by atoms with E-state index in [9.17, 15) is 4.79 Å². The van der Waals surface area contributed by atoms with Crippen LogP contribution in [-0.4, -0.2) is 97.9 Å². The molecule has 3 rings (SSSR count). The molecule has 0 aromatic rings. The van der Waals surface area contributed by atoms with Crippen molar-refractivity contribution in [3.63, 3.8) is 0 Å². The average molecular weight is 382 g/mol. The van der Waals surface area contributed by atoms with Gasteiger partial charge in [0.25, 0.3) is 0 Å². The molecule has 6 heteroatoms. The zero-order valence-electron chi connectivity index (χ0n) is 17.6. The fourth-order valence-corrected chi connectivity index (χ4v) is 4.93. The van der Waals surface area contributed by atoms with Crippen LogP contribution >= 0.6 is 0 Å². The van der Waals surface area contributed by atoms with Crippen molar-refractivity contribution in [2.45, 2.75) is 58.1 Å². The summed E-state index contributed by atoms with van der Waals surface area (Å²) >= 11 is 0. The molecule has 1 unspecified atom stereocenters. The molecule has 3 fully saturated rings. The number of piperidine rings is 1. The van der Waals surface area contributed by atoms with E-state index in [0.29, 0.717) is 12.6 Å². The van der Waals surface area contributed by atoms with E-state index in [4.69, 9.17) is 9.47 Å². The Morgan fingerprint density at radius 3 is 2.48 bits per heavy atom. The zero-order valence-corrected chi connectivity index (χ0v) is 17.6. The molecule has 3 aliphatic rings. The Morgan fingerprint density at radius 2 is 1.85 bits per heavy atom. The number of hydrogen-bond donors (Lipinski definition) is 0. The SMILES string of the molecule is CCOCC(=O)N1CCC2(CC1)CC(N1CCN(CC(C)C)CC1)CCO2. The molecule has 0 aromatic carbocycles. The second kappa shape index (κ2) is 9.68. The standard InChI is InChI=1S/C21H39N3O3/c1-4-26-17-20(25)24-8-6-21(7-9-24)15-19(5-14-27-21)23-12-10-22(11-13-23)16-18(2)3/h18-19H,4-17H2,1-3H3. The molecule has 3 heterocycles. The molecule has 0 saturated carbocycles. The minimum Gasteiger partial charge on any atom is -0.375 e. The topological polar surface area (TPSA) is 45.2 Å². The van der Waals surface area contributed by atoms with E-state index < -0.39 is 0 Å². The van der Waals surface area contributed by atoms with E-state index in [1.54, 1.807) is 0 Å². The van der Waals surface area contributed by atoms with Crippen molar-refractivity contribution in [2.75, 3.05) is 65.6 Å². The Hall–Kier alpha value is -0.690.